The van der Waals surface area contributed by atoms with E-state index in [-0.39, 0.29) is 0 Å². The van der Waals surface area contributed by atoms with Crippen LogP contribution in [0.1, 0.15) is 11.1 Å². The molecule has 11 aromatic rings. The van der Waals surface area contributed by atoms with Gasteiger partial charge in [0, 0.05) is 32.9 Å². The van der Waals surface area contributed by atoms with Gasteiger partial charge in [-0.1, -0.05) is 109 Å². The van der Waals surface area contributed by atoms with Crippen molar-refractivity contribution in [3.63, 3.8) is 0 Å². The van der Waals surface area contributed by atoms with Crippen LogP contribution in [0, 0.1) is 22.7 Å². The average molecular weight is 689 g/mol. The highest BCUT2D eigenvalue weighted by Crippen LogP contribution is 2.45. The lowest BCUT2D eigenvalue weighted by Crippen LogP contribution is -2.05. The quantitative estimate of drug-likeness (QED) is 0.185. The second-order valence-corrected chi connectivity index (χ2v) is 13.6. The van der Waals surface area contributed by atoms with Crippen molar-refractivity contribution in [1.82, 2.24) is 18.3 Å². The largest absolute Gasteiger partial charge is 0.307 e. The van der Waals surface area contributed by atoms with Crippen molar-refractivity contribution in [2.45, 2.75) is 0 Å². The van der Waals surface area contributed by atoms with Crippen LogP contribution < -0.4 is 0 Å². The van der Waals surface area contributed by atoms with Crippen LogP contribution >= 0.6 is 0 Å². The van der Waals surface area contributed by atoms with Crippen molar-refractivity contribution >= 4 is 65.7 Å². The zero-order valence-electron chi connectivity index (χ0n) is 28.8. The minimum absolute atomic E-state index is 0.327. The first-order chi connectivity index (χ1) is 26.8. The standard InChI is InChI=1S/C48H28N6/c49-29-31-27-43(53-41-25-13-9-21-37(41)45-47(53)35-19-7-11-23-39(35)51(45)33-15-3-1-4-16-33)44(28-32(31)30-50)54-42-26-14-10-22-38(42)46-48(54)36-20-8-12-24-40(36)52(46)34-17-5-2-6-18-34/h1-28H. The zero-order valence-corrected chi connectivity index (χ0v) is 28.8. The fourth-order valence-corrected chi connectivity index (χ4v) is 8.68. The Bertz CT molecular complexity index is 3160. The van der Waals surface area contributed by atoms with E-state index in [0.29, 0.717) is 11.1 Å². The van der Waals surface area contributed by atoms with Crippen LogP contribution in [0.3, 0.4) is 0 Å². The molecule has 0 N–H and O–H groups in total. The number of rotatable bonds is 4. The van der Waals surface area contributed by atoms with Crippen molar-refractivity contribution < 1.29 is 0 Å². The molecule has 0 saturated carbocycles. The number of benzene rings is 7. The summed E-state index contributed by atoms with van der Waals surface area (Å²) >= 11 is 0. The molecular formula is C48H28N6. The third-order valence-electron chi connectivity index (χ3n) is 10.8. The van der Waals surface area contributed by atoms with E-state index in [0.717, 1.165) is 88.4 Å². The fourth-order valence-electron chi connectivity index (χ4n) is 8.68. The Hall–Kier alpha value is -7.80. The summed E-state index contributed by atoms with van der Waals surface area (Å²) in [5.41, 5.74) is 12.8. The lowest BCUT2D eigenvalue weighted by atomic mass is 10.1. The van der Waals surface area contributed by atoms with Crippen LogP contribution in [0.2, 0.25) is 0 Å². The molecule has 6 nitrogen and oxygen atoms in total. The number of para-hydroxylation sites is 6. The Labute approximate surface area is 309 Å². The molecule has 6 heteroatoms. The van der Waals surface area contributed by atoms with E-state index in [1.807, 2.05) is 24.3 Å². The van der Waals surface area contributed by atoms with Crippen molar-refractivity contribution in [2.24, 2.45) is 0 Å². The lowest BCUT2D eigenvalue weighted by Gasteiger charge is -2.18. The summed E-state index contributed by atoms with van der Waals surface area (Å²) in [5, 5.41) is 25.4. The monoisotopic (exact) mass is 688 g/mol. The van der Waals surface area contributed by atoms with E-state index < -0.39 is 0 Å². The molecule has 7 aromatic carbocycles. The van der Waals surface area contributed by atoms with Gasteiger partial charge < -0.3 is 18.3 Å². The molecule has 0 bridgehead atoms. The zero-order chi connectivity index (χ0) is 35.9. The van der Waals surface area contributed by atoms with E-state index >= 15 is 0 Å². The minimum Gasteiger partial charge on any atom is -0.307 e. The maximum Gasteiger partial charge on any atom is 0.101 e. The number of nitrogens with zero attached hydrogens (tertiary/aromatic N) is 6. The van der Waals surface area contributed by atoms with Gasteiger partial charge in [0.25, 0.3) is 0 Å². The number of nitriles is 2. The van der Waals surface area contributed by atoms with Crippen LogP contribution in [0.15, 0.2) is 170 Å². The van der Waals surface area contributed by atoms with Crippen LogP contribution in [-0.4, -0.2) is 18.3 Å². The van der Waals surface area contributed by atoms with Crippen molar-refractivity contribution in [2.75, 3.05) is 0 Å². The molecule has 0 aliphatic heterocycles. The van der Waals surface area contributed by atoms with E-state index in [9.17, 15) is 10.5 Å². The molecule has 0 saturated heterocycles. The average Bonchev–Trinajstić information content (AvgIpc) is 3.96. The molecule has 54 heavy (non-hydrogen) atoms. The lowest BCUT2D eigenvalue weighted by molar-refractivity contribution is 1.09. The molecule has 0 fully saturated rings. The van der Waals surface area contributed by atoms with Crippen molar-refractivity contribution in [3.05, 3.63) is 181 Å². The van der Waals surface area contributed by atoms with Crippen LogP contribution in [0.4, 0.5) is 0 Å². The summed E-state index contributed by atoms with van der Waals surface area (Å²) in [4.78, 5) is 0. The third-order valence-corrected chi connectivity index (χ3v) is 10.8. The summed E-state index contributed by atoms with van der Waals surface area (Å²) in [5.74, 6) is 0. The highest BCUT2D eigenvalue weighted by atomic mass is 15.1. The first-order valence-electron chi connectivity index (χ1n) is 17.9. The molecule has 11 rings (SSSR count). The maximum absolute atomic E-state index is 10.5. The highest BCUT2D eigenvalue weighted by molar-refractivity contribution is 6.22. The van der Waals surface area contributed by atoms with Crippen molar-refractivity contribution in [3.8, 4) is 34.9 Å². The summed E-state index contributed by atoms with van der Waals surface area (Å²) < 4.78 is 9.30. The Morgan fingerprint density at radius 3 is 0.926 bits per heavy atom. The summed E-state index contributed by atoms with van der Waals surface area (Å²) in [6.45, 7) is 0. The molecule has 4 aromatic heterocycles. The van der Waals surface area contributed by atoms with Gasteiger partial charge in [-0.3, -0.25) is 0 Å². The van der Waals surface area contributed by atoms with Crippen molar-refractivity contribution in [1.29, 1.82) is 10.5 Å². The molecule has 0 aliphatic carbocycles. The molecular weight excluding hydrogens is 661 g/mol. The van der Waals surface area contributed by atoms with E-state index in [4.69, 9.17) is 0 Å². The van der Waals surface area contributed by atoms with Gasteiger partial charge in [-0.05, 0) is 60.7 Å². The molecule has 0 atom stereocenters. The molecule has 250 valence electrons. The second-order valence-electron chi connectivity index (χ2n) is 13.6. The minimum atomic E-state index is 0.327. The van der Waals surface area contributed by atoms with Crippen LogP contribution in [0.5, 0.6) is 0 Å². The third kappa shape index (κ3) is 3.97. The van der Waals surface area contributed by atoms with Gasteiger partial charge in [-0.25, -0.2) is 0 Å². The normalized spacial score (nSPS) is 11.7. The van der Waals surface area contributed by atoms with Crippen LogP contribution in [0.25, 0.3) is 88.4 Å². The van der Waals surface area contributed by atoms with Gasteiger partial charge in [0.2, 0.25) is 0 Å². The van der Waals surface area contributed by atoms with Gasteiger partial charge >= 0.3 is 0 Å². The summed E-state index contributed by atoms with van der Waals surface area (Å²) in [6, 6.07) is 63.5. The molecule has 4 heterocycles. The first-order valence-corrected chi connectivity index (χ1v) is 17.9. The summed E-state index contributed by atoms with van der Waals surface area (Å²) in [7, 11) is 0. The smallest absolute Gasteiger partial charge is 0.101 e. The number of hydrogen-bond acceptors (Lipinski definition) is 2. The molecule has 0 amide bonds. The molecule has 0 aliphatic rings. The number of aromatic nitrogens is 4. The summed E-state index contributed by atoms with van der Waals surface area (Å²) in [6.07, 6.45) is 0. The predicted molar refractivity (Wildman–Crippen MR) is 218 cm³/mol. The molecule has 0 unspecified atom stereocenters. The molecule has 0 spiro atoms. The Morgan fingerprint density at radius 1 is 0.315 bits per heavy atom. The second kappa shape index (κ2) is 11.4. The maximum atomic E-state index is 10.5. The Morgan fingerprint density at radius 2 is 0.593 bits per heavy atom. The Kier molecular flexibility index (Phi) is 6.28. The first kappa shape index (κ1) is 29.9. The van der Waals surface area contributed by atoms with Gasteiger partial charge in [0.05, 0.1) is 66.6 Å². The topological polar surface area (TPSA) is 67.3 Å². The van der Waals surface area contributed by atoms with Gasteiger partial charge in [-0.15, -0.1) is 0 Å². The predicted octanol–water partition coefficient (Wildman–Crippen LogP) is 11.5. The van der Waals surface area contributed by atoms with Gasteiger partial charge in [0.1, 0.15) is 12.1 Å². The highest BCUT2D eigenvalue weighted by Gasteiger charge is 2.27. The van der Waals surface area contributed by atoms with E-state index in [1.54, 1.807) is 0 Å². The van der Waals surface area contributed by atoms with E-state index in [1.165, 1.54) is 0 Å². The van der Waals surface area contributed by atoms with Gasteiger partial charge in [0.15, 0.2) is 0 Å². The Balaban J connectivity index is 1.37. The number of fused-ring (bicyclic) bond motifs is 10. The number of hydrogen-bond donors (Lipinski definition) is 0. The fraction of sp³-hybridized carbons (Fsp3) is 0. The van der Waals surface area contributed by atoms with Crippen LogP contribution in [-0.2, 0) is 0 Å². The SMILES string of the molecule is N#Cc1cc(-n2c3ccccc3c3c2c2ccccc2n3-c2ccccc2)c(-n2c3ccccc3c3c2c2ccccc2n3-c2ccccc2)cc1C#N. The van der Waals surface area contributed by atoms with Gasteiger partial charge in [-0.2, -0.15) is 10.5 Å². The van der Waals surface area contributed by atoms with E-state index in [2.05, 4.69) is 176 Å². The molecule has 0 radical (unpaired) electrons.